The fraction of sp³-hybridized carbons (Fsp3) is 0.200. The Morgan fingerprint density at radius 1 is 1.37 bits per heavy atom. The number of thioether (sulfide) groups is 1. The average molecular weight is 286 g/mol. The first kappa shape index (κ1) is 14.8. The first-order valence-corrected chi connectivity index (χ1v) is 6.13. The molecule has 9 heteroatoms. The van der Waals surface area contributed by atoms with Gasteiger partial charge in [0, 0.05) is 6.07 Å². The summed E-state index contributed by atoms with van der Waals surface area (Å²) in [5.41, 5.74) is -0.731. The number of phenolic OH excluding ortho intramolecular Hbond substituents is 1. The number of aliphatic carboxylic acids is 1. The predicted molar refractivity (Wildman–Crippen MR) is 68.4 cm³/mol. The fourth-order valence-corrected chi connectivity index (χ4v) is 1.75. The zero-order valence-corrected chi connectivity index (χ0v) is 10.3. The minimum Gasteiger partial charge on any atom is -0.505 e. The predicted octanol–water partition coefficient (Wildman–Crippen LogP) is 1.06. The van der Waals surface area contributed by atoms with E-state index in [9.17, 15) is 24.8 Å². The number of hydrogen-bond acceptors (Lipinski definition) is 6. The Morgan fingerprint density at radius 3 is 2.63 bits per heavy atom. The summed E-state index contributed by atoms with van der Waals surface area (Å²) < 4.78 is 0. The SMILES string of the molecule is O=C(O)CSCC(=O)Nc1c(O)cccc1[N+](=O)[O-]. The molecule has 3 N–H and O–H groups in total. The van der Waals surface area contributed by atoms with Gasteiger partial charge in [-0.15, -0.1) is 11.8 Å². The van der Waals surface area contributed by atoms with E-state index >= 15 is 0 Å². The van der Waals surface area contributed by atoms with Crippen LogP contribution in [-0.2, 0) is 9.59 Å². The lowest BCUT2D eigenvalue weighted by molar-refractivity contribution is -0.384. The van der Waals surface area contributed by atoms with Crippen molar-refractivity contribution in [2.24, 2.45) is 0 Å². The van der Waals surface area contributed by atoms with Crippen LogP contribution in [0.4, 0.5) is 11.4 Å². The molecule has 0 bridgehead atoms. The van der Waals surface area contributed by atoms with E-state index in [2.05, 4.69) is 5.32 Å². The number of nitrogens with one attached hydrogen (secondary N) is 1. The van der Waals surface area contributed by atoms with Gasteiger partial charge < -0.3 is 15.5 Å². The first-order chi connectivity index (χ1) is 8.91. The van der Waals surface area contributed by atoms with Crippen molar-refractivity contribution in [1.82, 2.24) is 0 Å². The molecule has 0 radical (unpaired) electrons. The molecule has 0 atom stereocenters. The molecule has 0 saturated carbocycles. The number of amides is 1. The Kier molecular flexibility index (Phi) is 5.12. The summed E-state index contributed by atoms with van der Waals surface area (Å²) in [4.78, 5) is 31.7. The maximum absolute atomic E-state index is 11.5. The van der Waals surface area contributed by atoms with E-state index < -0.39 is 28.2 Å². The summed E-state index contributed by atoms with van der Waals surface area (Å²) in [7, 11) is 0. The molecular weight excluding hydrogens is 276 g/mol. The van der Waals surface area contributed by atoms with Crippen LogP contribution in [0.25, 0.3) is 0 Å². The second-order valence-corrected chi connectivity index (χ2v) is 4.35. The molecule has 0 aliphatic rings. The molecule has 1 aromatic rings. The van der Waals surface area contributed by atoms with Crippen LogP contribution in [0.1, 0.15) is 0 Å². The van der Waals surface area contributed by atoms with Crippen molar-refractivity contribution < 1.29 is 24.7 Å². The molecule has 8 nitrogen and oxygen atoms in total. The van der Waals surface area contributed by atoms with Gasteiger partial charge in [0.1, 0.15) is 5.75 Å². The van der Waals surface area contributed by atoms with Crippen LogP contribution in [0, 0.1) is 10.1 Å². The lowest BCUT2D eigenvalue weighted by Gasteiger charge is -2.07. The molecule has 1 rings (SSSR count). The van der Waals surface area contributed by atoms with Gasteiger partial charge in [0.2, 0.25) is 5.91 Å². The lowest BCUT2D eigenvalue weighted by Crippen LogP contribution is -2.16. The Hall–Kier alpha value is -2.29. The number of hydrogen-bond donors (Lipinski definition) is 3. The zero-order chi connectivity index (χ0) is 14.4. The van der Waals surface area contributed by atoms with Gasteiger partial charge in [0.15, 0.2) is 5.69 Å². The van der Waals surface area contributed by atoms with E-state index in [-0.39, 0.29) is 17.2 Å². The Bertz CT molecular complexity index is 519. The number of nitro benzene ring substituents is 1. The summed E-state index contributed by atoms with van der Waals surface area (Å²) >= 11 is 0.846. The third-order valence-corrected chi connectivity index (χ3v) is 2.86. The Morgan fingerprint density at radius 2 is 2.05 bits per heavy atom. The quantitative estimate of drug-likeness (QED) is 0.405. The summed E-state index contributed by atoms with van der Waals surface area (Å²) in [6, 6.07) is 3.62. The molecular formula is C10H10N2O6S. The highest BCUT2D eigenvalue weighted by Crippen LogP contribution is 2.33. The van der Waals surface area contributed by atoms with Gasteiger partial charge in [0.25, 0.3) is 5.69 Å². The second kappa shape index (κ2) is 6.59. The molecule has 0 heterocycles. The van der Waals surface area contributed by atoms with Crippen LogP contribution in [0.5, 0.6) is 5.75 Å². The van der Waals surface area contributed by atoms with Crippen LogP contribution < -0.4 is 5.32 Å². The van der Waals surface area contributed by atoms with Crippen LogP contribution in [-0.4, -0.2) is 38.5 Å². The molecule has 0 spiro atoms. The van der Waals surface area contributed by atoms with E-state index in [0.717, 1.165) is 17.8 Å². The molecule has 0 aliphatic heterocycles. The van der Waals surface area contributed by atoms with E-state index in [0.29, 0.717) is 0 Å². The topological polar surface area (TPSA) is 130 Å². The molecule has 0 unspecified atom stereocenters. The number of anilines is 1. The van der Waals surface area contributed by atoms with Crippen molar-refractivity contribution in [2.75, 3.05) is 16.8 Å². The molecule has 102 valence electrons. The fourth-order valence-electron chi connectivity index (χ4n) is 1.22. The highest BCUT2D eigenvalue weighted by Gasteiger charge is 2.19. The number of aromatic hydroxyl groups is 1. The largest absolute Gasteiger partial charge is 0.505 e. The van der Waals surface area contributed by atoms with Crippen molar-refractivity contribution in [2.45, 2.75) is 0 Å². The van der Waals surface area contributed by atoms with Gasteiger partial charge in [0.05, 0.1) is 16.4 Å². The van der Waals surface area contributed by atoms with Gasteiger partial charge in [-0.1, -0.05) is 6.07 Å². The molecule has 0 saturated heterocycles. The van der Waals surface area contributed by atoms with E-state index in [1.807, 2.05) is 0 Å². The lowest BCUT2D eigenvalue weighted by atomic mass is 10.2. The highest BCUT2D eigenvalue weighted by molar-refractivity contribution is 8.00. The number of carboxylic acids is 1. The van der Waals surface area contributed by atoms with Crippen LogP contribution in [0.2, 0.25) is 0 Å². The van der Waals surface area contributed by atoms with Crippen molar-refractivity contribution in [3.05, 3.63) is 28.3 Å². The third kappa shape index (κ3) is 4.47. The number of benzene rings is 1. The maximum atomic E-state index is 11.5. The summed E-state index contributed by atoms with van der Waals surface area (Å²) in [6.45, 7) is 0. The van der Waals surface area contributed by atoms with E-state index in [1.54, 1.807) is 0 Å². The monoisotopic (exact) mass is 286 g/mol. The summed E-state index contributed by atoms with van der Waals surface area (Å²) in [5.74, 6) is -2.55. The normalized spacial score (nSPS) is 9.89. The van der Waals surface area contributed by atoms with Gasteiger partial charge in [-0.25, -0.2) is 0 Å². The van der Waals surface area contributed by atoms with Crippen molar-refractivity contribution >= 4 is 35.0 Å². The standard InChI is InChI=1S/C10H10N2O6S/c13-7-3-1-2-6(12(17)18)10(7)11-8(14)4-19-5-9(15)16/h1-3,13H,4-5H2,(H,11,14)(H,15,16). The third-order valence-electron chi connectivity index (χ3n) is 1.94. The van der Waals surface area contributed by atoms with Crippen LogP contribution in [0.3, 0.4) is 0 Å². The van der Waals surface area contributed by atoms with Crippen LogP contribution in [0.15, 0.2) is 18.2 Å². The Labute approximate surface area is 111 Å². The number of carboxylic acid groups (broad SMARTS) is 1. The number of nitro groups is 1. The smallest absolute Gasteiger partial charge is 0.313 e. The van der Waals surface area contributed by atoms with E-state index in [1.165, 1.54) is 12.1 Å². The molecule has 0 fully saturated rings. The minimum atomic E-state index is -1.06. The minimum absolute atomic E-state index is 0.183. The molecule has 19 heavy (non-hydrogen) atoms. The zero-order valence-electron chi connectivity index (χ0n) is 9.53. The maximum Gasteiger partial charge on any atom is 0.313 e. The van der Waals surface area contributed by atoms with Gasteiger partial charge in [-0.2, -0.15) is 0 Å². The number of para-hydroxylation sites is 1. The second-order valence-electron chi connectivity index (χ2n) is 3.36. The highest BCUT2D eigenvalue weighted by atomic mass is 32.2. The molecule has 1 aromatic carbocycles. The van der Waals surface area contributed by atoms with Gasteiger partial charge in [-0.05, 0) is 6.07 Å². The average Bonchev–Trinajstić information content (AvgIpc) is 2.30. The first-order valence-electron chi connectivity index (χ1n) is 4.97. The van der Waals surface area contributed by atoms with Crippen LogP contribution >= 0.6 is 11.8 Å². The van der Waals surface area contributed by atoms with Gasteiger partial charge >= 0.3 is 5.97 Å². The van der Waals surface area contributed by atoms with Crippen molar-refractivity contribution in [1.29, 1.82) is 0 Å². The Balaban J connectivity index is 2.73. The number of phenols is 1. The number of nitrogens with zero attached hydrogens (tertiary/aromatic N) is 1. The van der Waals surface area contributed by atoms with Crippen molar-refractivity contribution in [3.8, 4) is 5.75 Å². The summed E-state index contributed by atoms with van der Waals surface area (Å²) in [5, 5.41) is 30.8. The molecule has 0 aromatic heterocycles. The van der Waals surface area contributed by atoms with E-state index in [4.69, 9.17) is 5.11 Å². The molecule has 1 amide bonds. The number of carbonyl (C=O) groups is 2. The molecule has 0 aliphatic carbocycles. The van der Waals surface area contributed by atoms with Gasteiger partial charge in [-0.3, -0.25) is 19.7 Å². The van der Waals surface area contributed by atoms with Crippen molar-refractivity contribution in [3.63, 3.8) is 0 Å². The number of carbonyl (C=O) groups excluding carboxylic acids is 1. The summed E-state index contributed by atoms with van der Waals surface area (Å²) in [6.07, 6.45) is 0. The number of rotatable bonds is 6.